The average Bonchev–Trinajstić information content (AvgIpc) is 2.30. The van der Waals surface area contributed by atoms with Crippen molar-refractivity contribution in [2.24, 2.45) is 0 Å². The molecule has 0 N–H and O–H groups in total. The Labute approximate surface area is 81.9 Å². The van der Waals surface area contributed by atoms with Gasteiger partial charge in [0.05, 0.1) is 0 Å². The van der Waals surface area contributed by atoms with Crippen molar-refractivity contribution >= 4 is 12.6 Å². The molecular formula is C10H21NS. The summed E-state index contributed by atoms with van der Waals surface area (Å²) in [5.41, 5.74) is 0. The van der Waals surface area contributed by atoms with Gasteiger partial charge in [-0.05, 0) is 47.1 Å². The summed E-state index contributed by atoms with van der Waals surface area (Å²) in [4.78, 5) is 2.58. The van der Waals surface area contributed by atoms with Gasteiger partial charge in [-0.3, -0.25) is 4.90 Å². The highest BCUT2D eigenvalue weighted by atomic mass is 32.1. The molecule has 1 aliphatic heterocycles. The van der Waals surface area contributed by atoms with Gasteiger partial charge < -0.3 is 0 Å². The maximum absolute atomic E-state index is 4.66. The Morgan fingerprint density at radius 2 is 2.00 bits per heavy atom. The van der Waals surface area contributed by atoms with Crippen LogP contribution in [0.25, 0.3) is 0 Å². The molecule has 0 spiro atoms. The maximum Gasteiger partial charge on any atom is 0.0238 e. The minimum Gasteiger partial charge on any atom is -0.297 e. The van der Waals surface area contributed by atoms with Crippen LogP contribution in [0.3, 0.4) is 0 Å². The highest BCUT2D eigenvalue weighted by Gasteiger charge is 2.35. The van der Waals surface area contributed by atoms with E-state index in [1.54, 1.807) is 0 Å². The van der Waals surface area contributed by atoms with Crippen LogP contribution < -0.4 is 0 Å². The molecule has 0 aliphatic carbocycles. The van der Waals surface area contributed by atoms with Crippen molar-refractivity contribution < 1.29 is 0 Å². The fourth-order valence-electron chi connectivity index (χ4n) is 2.17. The number of hydrogen-bond donors (Lipinski definition) is 1. The minimum atomic E-state index is 0.154. The monoisotopic (exact) mass is 187 g/mol. The number of rotatable bonds is 2. The van der Waals surface area contributed by atoms with Gasteiger partial charge in [0.25, 0.3) is 0 Å². The van der Waals surface area contributed by atoms with Crippen molar-refractivity contribution in [3.05, 3.63) is 0 Å². The van der Waals surface area contributed by atoms with Crippen molar-refractivity contribution in [1.82, 2.24) is 4.90 Å². The van der Waals surface area contributed by atoms with Crippen LogP contribution in [0.4, 0.5) is 0 Å². The summed E-state index contributed by atoms with van der Waals surface area (Å²) < 4.78 is 0.154. The molecule has 0 bridgehead atoms. The third-order valence-electron chi connectivity index (χ3n) is 2.77. The molecule has 0 aromatic carbocycles. The van der Waals surface area contributed by atoms with Crippen LogP contribution in [0.15, 0.2) is 0 Å². The quantitative estimate of drug-likeness (QED) is 0.650. The van der Waals surface area contributed by atoms with Crippen LogP contribution in [-0.4, -0.2) is 28.3 Å². The standard InChI is InChI=1S/C10H21NS/c1-8(2)11-7-5-6-9(11)10(3,4)12/h8-9,12H,5-7H2,1-4H3. The molecule has 1 unspecified atom stereocenters. The molecule has 1 saturated heterocycles. The molecule has 12 heavy (non-hydrogen) atoms. The second kappa shape index (κ2) is 3.59. The summed E-state index contributed by atoms with van der Waals surface area (Å²) >= 11 is 4.66. The van der Waals surface area contributed by atoms with E-state index in [0.717, 1.165) is 0 Å². The largest absolute Gasteiger partial charge is 0.297 e. The normalized spacial score (nSPS) is 27.0. The van der Waals surface area contributed by atoms with Gasteiger partial charge >= 0.3 is 0 Å². The Hall–Kier alpha value is 0.310. The van der Waals surface area contributed by atoms with E-state index in [2.05, 4.69) is 45.2 Å². The van der Waals surface area contributed by atoms with E-state index in [4.69, 9.17) is 0 Å². The van der Waals surface area contributed by atoms with Gasteiger partial charge in [-0.25, -0.2) is 0 Å². The summed E-state index contributed by atoms with van der Waals surface area (Å²) in [5, 5.41) is 0. The first kappa shape index (κ1) is 10.4. The number of likely N-dealkylation sites (tertiary alicyclic amines) is 1. The molecule has 0 aromatic heterocycles. The zero-order valence-corrected chi connectivity index (χ0v) is 9.56. The van der Waals surface area contributed by atoms with E-state index in [-0.39, 0.29) is 4.75 Å². The van der Waals surface area contributed by atoms with Gasteiger partial charge in [0, 0.05) is 16.8 Å². The lowest BCUT2D eigenvalue weighted by Crippen LogP contribution is -2.45. The Morgan fingerprint density at radius 1 is 1.42 bits per heavy atom. The molecule has 1 nitrogen and oxygen atoms in total. The fourth-order valence-corrected chi connectivity index (χ4v) is 2.44. The zero-order valence-electron chi connectivity index (χ0n) is 8.67. The van der Waals surface area contributed by atoms with Crippen LogP contribution in [0.2, 0.25) is 0 Å². The first-order chi connectivity index (χ1) is 5.43. The first-order valence-electron chi connectivity index (χ1n) is 4.91. The molecule has 1 atom stereocenters. The van der Waals surface area contributed by atoms with Crippen LogP contribution >= 0.6 is 12.6 Å². The van der Waals surface area contributed by atoms with Crippen LogP contribution in [0.1, 0.15) is 40.5 Å². The van der Waals surface area contributed by atoms with E-state index in [9.17, 15) is 0 Å². The summed E-state index contributed by atoms with van der Waals surface area (Å²) in [6.45, 7) is 10.3. The van der Waals surface area contributed by atoms with E-state index >= 15 is 0 Å². The topological polar surface area (TPSA) is 3.24 Å². The third-order valence-corrected chi connectivity index (χ3v) is 3.07. The van der Waals surface area contributed by atoms with E-state index < -0.39 is 0 Å². The van der Waals surface area contributed by atoms with E-state index in [1.165, 1.54) is 19.4 Å². The summed E-state index contributed by atoms with van der Waals surface area (Å²) in [5.74, 6) is 0. The minimum absolute atomic E-state index is 0.154. The first-order valence-corrected chi connectivity index (χ1v) is 5.36. The van der Waals surface area contributed by atoms with E-state index in [0.29, 0.717) is 12.1 Å². The van der Waals surface area contributed by atoms with Gasteiger partial charge in [-0.1, -0.05) is 0 Å². The Bertz CT molecular complexity index is 148. The molecule has 0 aromatic rings. The molecular weight excluding hydrogens is 166 g/mol. The molecule has 1 heterocycles. The lowest BCUT2D eigenvalue weighted by atomic mass is 10.00. The second-order valence-corrected chi connectivity index (χ2v) is 5.80. The lowest BCUT2D eigenvalue weighted by molar-refractivity contribution is 0.179. The number of hydrogen-bond acceptors (Lipinski definition) is 2. The molecule has 0 radical (unpaired) electrons. The summed E-state index contributed by atoms with van der Waals surface area (Å²) in [7, 11) is 0. The third kappa shape index (κ3) is 2.17. The van der Waals surface area contributed by atoms with Crippen molar-refractivity contribution in [2.75, 3.05) is 6.54 Å². The molecule has 1 aliphatic rings. The smallest absolute Gasteiger partial charge is 0.0238 e. The average molecular weight is 187 g/mol. The molecule has 0 saturated carbocycles. The zero-order chi connectivity index (χ0) is 9.35. The second-order valence-electron chi connectivity index (χ2n) is 4.64. The van der Waals surface area contributed by atoms with Crippen LogP contribution in [0, 0.1) is 0 Å². The lowest BCUT2D eigenvalue weighted by Gasteiger charge is -2.36. The Balaban J connectivity index is 2.64. The van der Waals surface area contributed by atoms with Crippen LogP contribution in [-0.2, 0) is 0 Å². The fraction of sp³-hybridized carbons (Fsp3) is 1.00. The number of thiol groups is 1. The van der Waals surface area contributed by atoms with Gasteiger partial charge in [0.2, 0.25) is 0 Å². The van der Waals surface area contributed by atoms with Gasteiger partial charge in [-0.2, -0.15) is 12.6 Å². The van der Waals surface area contributed by atoms with Gasteiger partial charge in [0.1, 0.15) is 0 Å². The van der Waals surface area contributed by atoms with Gasteiger partial charge in [-0.15, -0.1) is 0 Å². The molecule has 1 fully saturated rings. The van der Waals surface area contributed by atoms with Crippen molar-refractivity contribution in [1.29, 1.82) is 0 Å². The van der Waals surface area contributed by atoms with Crippen molar-refractivity contribution in [3.8, 4) is 0 Å². The van der Waals surface area contributed by atoms with Crippen molar-refractivity contribution in [2.45, 2.75) is 57.4 Å². The highest BCUT2D eigenvalue weighted by Crippen LogP contribution is 2.32. The van der Waals surface area contributed by atoms with Crippen molar-refractivity contribution in [3.63, 3.8) is 0 Å². The molecule has 2 heteroatoms. The van der Waals surface area contributed by atoms with E-state index in [1.807, 2.05) is 0 Å². The molecule has 1 rings (SSSR count). The molecule has 72 valence electrons. The Morgan fingerprint density at radius 3 is 2.33 bits per heavy atom. The predicted molar refractivity (Wildman–Crippen MR) is 57.9 cm³/mol. The summed E-state index contributed by atoms with van der Waals surface area (Å²) in [6.07, 6.45) is 2.65. The van der Waals surface area contributed by atoms with Crippen LogP contribution in [0.5, 0.6) is 0 Å². The highest BCUT2D eigenvalue weighted by molar-refractivity contribution is 7.81. The van der Waals surface area contributed by atoms with Gasteiger partial charge in [0.15, 0.2) is 0 Å². The predicted octanol–water partition coefficient (Wildman–Crippen LogP) is 2.57. The number of nitrogens with zero attached hydrogens (tertiary/aromatic N) is 1. The summed E-state index contributed by atoms with van der Waals surface area (Å²) in [6, 6.07) is 1.34. The molecule has 0 amide bonds. The maximum atomic E-state index is 4.66. The SMILES string of the molecule is CC(C)N1CCCC1C(C)(C)S. The Kier molecular flexibility index (Phi) is 3.11.